The Labute approximate surface area is 114 Å². The van der Waals surface area contributed by atoms with Gasteiger partial charge in [0.1, 0.15) is 0 Å². The first-order valence-electron chi connectivity index (χ1n) is 6.63. The number of carbonyl (C=O) groups is 1. The van der Waals surface area contributed by atoms with Crippen molar-refractivity contribution in [3.8, 4) is 0 Å². The molecule has 1 aromatic rings. The third-order valence-corrected chi connectivity index (χ3v) is 3.83. The van der Waals surface area contributed by atoms with E-state index in [2.05, 4.69) is 45.0 Å². The summed E-state index contributed by atoms with van der Waals surface area (Å²) in [5.74, 6) is -0.178. The maximum atomic E-state index is 11.5. The fraction of sp³-hybridized carbons (Fsp3) is 0.562. The lowest BCUT2D eigenvalue weighted by Gasteiger charge is -2.41. The minimum Gasteiger partial charge on any atom is -0.469 e. The van der Waals surface area contributed by atoms with Crippen LogP contribution in [0.1, 0.15) is 38.3 Å². The van der Waals surface area contributed by atoms with E-state index < -0.39 is 0 Å². The van der Waals surface area contributed by atoms with Crippen LogP contribution in [0.3, 0.4) is 0 Å². The fourth-order valence-corrected chi connectivity index (χ4v) is 2.39. The van der Waals surface area contributed by atoms with Crippen LogP contribution in [0.25, 0.3) is 0 Å². The largest absolute Gasteiger partial charge is 0.469 e. The number of hydrogen-bond donors (Lipinski definition) is 0. The summed E-state index contributed by atoms with van der Waals surface area (Å²) in [6, 6.07) is 8.53. The Bertz CT molecular complexity index is 450. The normalized spacial score (nSPS) is 17.7. The van der Waals surface area contributed by atoms with Gasteiger partial charge < -0.3 is 9.47 Å². The Morgan fingerprint density at radius 1 is 1.26 bits per heavy atom. The van der Waals surface area contributed by atoms with Crippen LogP contribution < -0.4 is 0 Å². The molecule has 1 aliphatic heterocycles. The van der Waals surface area contributed by atoms with Gasteiger partial charge in [-0.1, -0.05) is 45.0 Å². The lowest BCUT2D eigenvalue weighted by molar-refractivity contribution is -0.148. The van der Waals surface area contributed by atoms with Crippen molar-refractivity contribution in [3.05, 3.63) is 35.4 Å². The summed E-state index contributed by atoms with van der Waals surface area (Å²) in [6.45, 7) is 7.77. The van der Waals surface area contributed by atoms with Crippen molar-refractivity contribution in [2.24, 2.45) is 0 Å². The summed E-state index contributed by atoms with van der Waals surface area (Å²) in [7, 11) is 1.43. The Balaban J connectivity index is 2.22. The highest BCUT2D eigenvalue weighted by Gasteiger charge is 2.42. The van der Waals surface area contributed by atoms with Crippen LogP contribution in [-0.2, 0) is 25.1 Å². The van der Waals surface area contributed by atoms with Gasteiger partial charge in [0.2, 0.25) is 0 Å². The first-order valence-corrected chi connectivity index (χ1v) is 6.63. The van der Waals surface area contributed by atoms with Gasteiger partial charge in [-0.25, -0.2) is 0 Å². The van der Waals surface area contributed by atoms with Crippen LogP contribution in [0, 0.1) is 0 Å². The van der Waals surface area contributed by atoms with Gasteiger partial charge in [0, 0.05) is 0 Å². The van der Waals surface area contributed by atoms with Crippen molar-refractivity contribution in [1.82, 2.24) is 0 Å². The molecule has 1 heterocycles. The second kappa shape index (κ2) is 4.97. The Hall–Kier alpha value is -1.35. The topological polar surface area (TPSA) is 35.5 Å². The highest BCUT2D eigenvalue weighted by molar-refractivity contribution is 5.71. The van der Waals surface area contributed by atoms with Crippen LogP contribution in [0.15, 0.2) is 24.3 Å². The Morgan fingerprint density at radius 2 is 1.84 bits per heavy atom. The zero-order valence-electron chi connectivity index (χ0n) is 12.2. The van der Waals surface area contributed by atoms with Crippen LogP contribution in [0.2, 0.25) is 0 Å². The molecule has 0 aromatic heterocycles. The quantitative estimate of drug-likeness (QED) is 0.786. The molecule has 1 saturated heterocycles. The first-order chi connectivity index (χ1) is 8.87. The molecule has 0 amide bonds. The van der Waals surface area contributed by atoms with Crippen molar-refractivity contribution in [1.29, 1.82) is 0 Å². The van der Waals surface area contributed by atoms with Crippen molar-refractivity contribution >= 4 is 5.97 Å². The van der Waals surface area contributed by atoms with E-state index in [1.54, 1.807) is 0 Å². The molecule has 0 N–H and O–H groups in total. The summed E-state index contributed by atoms with van der Waals surface area (Å²) in [5.41, 5.74) is 2.41. The highest BCUT2D eigenvalue weighted by Crippen LogP contribution is 2.37. The maximum Gasteiger partial charge on any atom is 0.306 e. The monoisotopic (exact) mass is 262 g/mol. The third-order valence-electron chi connectivity index (χ3n) is 3.83. The first kappa shape index (κ1) is 14.1. The van der Waals surface area contributed by atoms with E-state index in [0.717, 1.165) is 5.56 Å². The SMILES string of the molecule is COC(=O)CC1(c2ccc(C(C)(C)C)cc2)COC1. The molecule has 1 aromatic carbocycles. The Morgan fingerprint density at radius 3 is 2.21 bits per heavy atom. The smallest absolute Gasteiger partial charge is 0.306 e. The predicted molar refractivity (Wildman–Crippen MR) is 74.3 cm³/mol. The molecule has 0 bridgehead atoms. The van der Waals surface area contributed by atoms with Gasteiger partial charge in [0.15, 0.2) is 0 Å². The summed E-state index contributed by atoms with van der Waals surface area (Å²) < 4.78 is 10.1. The van der Waals surface area contributed by atoms with Gasteiger partial charge in [-0.05, 0) is 16.5 Å². The molecule has 19 heavy (non-hydrogen) atoms. The van der Waals surface area contributed by atoms with Crippen molar-refractivity contribution < 1.29 is 14.3 Å². The zero-order chi connectivity index (χ0) is 14.1. The van der Waals surface area contributed by atoms with E-state index >= 15 is 0 Å². The average molecular weight is 262 g/mol. The maximum absolute atomic E-state index is 11.5. The fourth-order valence-electron chi connectivity index (χ4n) is 2.39. The van der Waals surface area contributed by atoms with Gasteiger partial charge >= 0.3 is 5.97 Å². The molecule has 0 unspecified atom stereocenters. The zero-order valence-corrected chi connectivity index (χ0v) is 12.2. The average Bonchev–Trinajstić information content (AvgIpc) is 2.32. The van der Waals surface area contributed by atoms with Gasteiger partial charge in [-0.2, -0.15) is 0 Å². The molecule has 0 radical (unpaired) electrons. The van der Waals surface area contributed by atoms with Gasteiger partial charge in [0.05, 0.1) is 32.2 Å². The molecule has 0 aliphatic carbocycles. The third kappa shape index (κ3) is 2.81. The lowest BCUT2D eigenvalue weighted by Crippen LogP contribution is -2.48. The number of carbonyl (C=O) groups excluding carboxylic acids is 1. The van der Waals surface area contributed by atoms with Crippen molar-refractivity contribution in [2.75, 3.05) is 20.3 Å². The minimum absolute atomic E-state index is 0.143. The summed E-state index contributed by atoms with van der Waals surface area (Å²) in [6.07, 6.45) is 0.387. The van der Waals surface area contributed by atoms with Gasteiger partial charge in [-0.15, -0.1) is 0 Å². The number of esters is 1. The molecule has 1 aliphatic rings. The second-order valence-corrected chi connectivity index (χ2v) is 6.35. The van der Waals surface area contributed by atoms with Crippen molar-refractivity contribution in [2.45, 2.75) is 38.0 Å². The summed E-state index contributed by atoms with van der Waals surface area (Å²) >= 11 is 0. The second-order valence-electron chi connectivity index (χ2n) is 6.35. The van der Waals surface area contributed by atoms with Crippen LogP contribution in [0.5, 0.6) is 0 Å². The van der Waals surface area contributed by atoms with Crippen LogP contribution in [0.4, 0.5) is 0 Å². The standard InChI is InChI=1S/C16H22O3/c1-15(2,3)12-5-7-13(8-6-12)16(10-19-11-16)9-14(17)18-4/h5-8H,9-11H2,1-4H3. The Kier molecular flexibility index (Phi) is 3.68. The van der Waals surface area contributed by atoms with Crippen molar-refractivity contribution in [3.63, 3.8) is 0 Å². The van der Waals surface area contributed by atoms with E-state index in [9.17, 15) is 4.79 Å². The molecule has 1 fully saturated rings. The highest BCUT2D eigenvalue weighted by atomic mass is 16.5. The van der Waals surface area contributed by atoms with E-state index in [0.29, 0.717) is 19.6 Å². The number of rotatable bonds is 3. The molecule has 3 heteroatoms. The molecule has 3 nitrogen and oxygen atoms in total. The van der Waals surface area contributed by atoms with E-state index in [4.69, 9.17) is 9.47 Å². The molecule has 104 valence electrons. The summed E-state index contributed by atoms with van der Waals surface area (Å²) in [4.78, 5) is 11.5. The van der Waals surface area contributed by atoms with Gasteiger partial charge in [0.25, 0.3) is 0 Å². The van der Waals surface area contributed by atoms with E-state index in [1.165, 1.54) is 12.7 Å². The lowest BCUT2D eigenvalue weighted by atomic mass is 9.75. The molecule has 0 spiro atoms. The number of ether oxygens (including phenoxy) is 2. The predicted octanol–water partition coefficient (Wildman–Crippen LogP) is 2.82. The number of methoxy groups -OCH3 is 1. The van der Waals surface area contributed by atoms with E-state index in [-0.39, 0.29) is 16.8 Å². The molecule has 0 atom stereocenters. The number of benzene rings is 1. The molecule has 2 rings (SSSR count). The summed E-state index contributed by atoms with van der Waals surface area (Å²) in [5, 5.41) is 0. The van der Waals surface area contributed by atoms with Crippen LogP contribution in [-0.4, -0.2) is 26.3 Å². The molecular formula is C16H22O3. The van der Waals surface area contributed by atoms with Gasteiger partial charge in [-0.3, -0.25) is 4.79 Å². The molecule has 0 saturated carbocycles. The van der Waals surface area contributed by atoms with Crippen LogP contribution >= 0.6 is 0 Å². The minimum atomic E-state index is -0.191. The molecular weight excluding hydrogens is 240 g/mol. The number of hydrogen-bond acceptors (Lipinski definition) is 3. The van der Waals surface area contributed by atoms with E-state index in [1.807, 2.05) is 0 Å².